The number of nitrogens with zero attached hydrogens (tertiary/aromatic N) is 5. The number of nitrogens with one attached hydrogen (secondary N) is 2. The van der Waals surface area contributed by atoms with Crippen LogP contribution in [0.3, 0.4) is 0 Å². The molecule has 1 aliphatic heterocycles. The van der Waals surface area contributed by atoms with Crippen LogP contribution in [0.25, 0.3) is 33.1 Å². The molecule has 0 radical (unpaired) electrons. The molecule has 3 fully saturated rings. The van der Waals surface area contributed by atoms with Crippen molar-refractivity contribution < 1.29 is 4.74 Å². The van der Waals surface area contributed by atoms with Crippen molar-refractivity contribution in [2.75, 3.05) is 31.6 Å². The number of hydrogen-bond acceptors (Lipinski definition) is 6. The monoisotopic (exact) mass is 471 g/mol. The Bertz CT molecular complexity index is 1330. The van der Waals surface area contributed by atoms with Crippen LogP contribution < -0.4 is 5.32 Å². The highest BCUT2D eigenvalue weighted by molar-refractivity contribution is 6.12. The van der Waals surface area contributed by atoms with Crippen molar-refractivity contribution in [2.45, 2.75) is 57.2 Å². The molecule has 7 rings (SSSR count). The van der Waals surface area contributed by atoms with Crippen LogP contribution in [0.1, 0.15) is 38.5 Å². The predicted molar refractivity (Wildman–Crippen MR) is 137 cm³/mol. The van der Waals surface area contributed by atoms with E-state index in [-0.39, 0.29) is 0 Å². The fourth-order valence-electron chi connectivity index (χ4n) is 5.91. The number of H-pyrrole nitrogens is 1. The summed E-state index contributed by atoms with van der Waals surface area (Å²) in [7, 11) is 0. The van der Waals surface area contributed by atoms with Crippen LogP contribution in [-0.2, 0) is 11.3 Å². The molecule has 2 N–H and O–H groups in total. The summed E-state index contributed by atoms with van der Waals surface area (Å²) in [5, 5.41) is 10.6. The zero-order valence-electron chi connectivity index (χ0n) is 20.1. The SMILES string of the molecule is c1nc(N[C@H]2CC[C@H](N3CCOCC3)CC2)c2c(n1)[nH]c1ccc(-c3cnn(CC4CC4)c3)cc12. The standard InChI is InChI=1S/C27H33N7O/c1-2-18(1)15-34-16-20(14-30-34)19-3-8-24-23(13-19)25-26(28-17-29-27(25)32-24)31-21-4-6-22(7-5-21)33-9-11-35-12-10-33/h3,8,13-14,16-18,21-22H,1-2,4-7,9-12,15H2,(H2,28,29,31,32)/t21-,22-. The average Bonchev–Trinajstić information content (AvgIpc) is 3.45. The van der Waals surface area contributed by atoms with Gasteiger partial charge in [-0.3, -0.25) is 9.58 Å². The summed E-state index contributed by atoms with van der Waals surface area (Å²) in [5.41, 5.74) is 4.32. The van der Waals surface area contributed by atoms with Crippen LogP contribution in [0.4, 0.5) is 5.82 Å². The van der Waals surface area contributed by atoms with E-state index in [1.165, 1.54) is 44.1 Å². The van der Waals surface area contributed by atoms with E-state index in [0.717, 1.165) is 72.1 Å². The summed E-state index contributed by atoms with van der Waals surface area (Å²) in [4.78, 5) is 15.4. The molecule has 2 saturated carbocycles. The first kappa shape index (κ1) is 21.3. The van der Waals surface area contributed by atoms with Gasteiger partial charge in [-0.2, -0.15) is 5.10 Å². The van der Waals surface area contributed by atoms with Crippen LogP contribution in [0, 0.1) is 5.92 Å². The number of rotatable bonds is 6. The third-order valence-corrected chi connectivity index (χ3v) is 8.10. The molecule has 4 aromatic rings. The summed E-state index contributed by atoms with van der Waals surface area (Å²) in [6.07, 6.45) is 13.3. The lowest BCUT2D eigenvalue weighted by atomic mass is 9.90. The summed E-state index contributed by atoms with van der Waals surface area (Å²) in [5.74, 6) is 1.76. The molecule has 0 bridgehead atoms. The number of fused-ring (bicyclic) bond motifs is 3. The first-order valence-corrected chi connectivity index (χ1v) is 13.2. The van der Waals surface area contributed by atoms with Gasteiger partial charge >= 0.3 is 0 Å². The number of benzene rings is 1. The van der Waals surface area contributed by atoms with Gasteiger partial charge in [0.2, 0.25) is 0 Å². The molecule has 2 aliphatic carbocycles. The molecule has 3 aliphatic rings. The Morgan fingerprint density at radius 1 is 1.00 bits per heavy atom. The lowest BCUT2D eigenvalue weighted by molar-refractivity contribution is 0.00791. The second-order valence-electron chi connectivity index (χ2n) is 10.5. The van der Waals surface area contributed by atoms with E-state index >= 15 is 0 Å². The van der Waals surface area contributed by atoms with Crippen molar-refractivity contribution in [2.24, 2.45) is 5.92 Å². The molecule has 4 heterocycles. The maximum atomic E-state index is 5.54. The van der Waals surface area contributed by atoms with Crippen molar-refractivity contribution in [1.29, 1.82) is 0 Å². The van der Waals surface area contributed by atoms with Gasteiger partial charge in [-0.05, 0) is 62.1 Å². The Balaban J connectivity index is 1.13. The van der Waals surface area contributed by atoms with Crippen molar-refractivity contribution >= 4 is 27.8 Å². The molecule has 1 aromatic carbocycles. The minimum atomic E-state index is 0.444. The van der Waals surface area contributed by atoms with Gasteiger partial charge in [0.25, 0.3) is 0 Å². The maximum absolute atomic E-state index is 5.54. The largest absolute Gasteiger partial charge is 0.379 e. The second-order valence-corrected chi connectivity index (χ2v) is 10.5. The first-order chi connectivity index (χ1) is 17.3. The third-order valence-electron chi connectivity index (χ3n) is 8.10. The number of aromatic amines is 1. The van der Waals surface area contributed by atoms with Crippen LogP contribution in [0.2, 0.25) is 0 Å². The van der Waals surface area contributed by atoms with Gasteiger partial charge in [0.05, 0.1) is 24.8 Å². The van der Waals surface area contributed by atoms with E-state index in [2.05, 4.69) is 54.4 Å². The molecule has 1 saturated heterocycles. The smallest absolute Gasteiger partial charge is 0.143 e. The van der Waals surface area contributed by atoms with Crippen molar-refractivity contribution in [3.63, 3.8) is 0 Å². The number of aromatic nitrogens is 5. The van der Waals surface area contributed by atoms with E-state index in [1.54, 1.807) is 6.33 Å². The molecule has 182 valence electrons. The fraction of sp³-hybridized carbons (Fsp3) is 0.519. The molecule has 0 spiro atoms. The van der Waals surface area contributed by atoms with E-state index in [1.807, 2.05) is 6.20 Å². The Labute approximate surface area is 205 Å². The van der Waals surface area contributed by atoms with E-state index in [0.29, 0.717) is 12.1 Å². The Morgan fingerprint density at radius 2 is 1.86 bits per heavy atom. The highest BCUT2D eigenvalue weighted by Gasteiger charge is 2.27. The molecule has 0 unspecified atom stereocenters. The Hall–Kier alpha value is -2.97. The van der Waals surface area contributed by atoms with Gasteiger partial charge in [0, 0.05) is 54.4 Å². The minimum Gasteiger partial charge on any atom is -0.379 e. The predicted octanol–water partition coefficient (Wildman–Crippen LogP) is 4.44. The van der Waals surface area contributed by atoms with Gasteiger partial charge in [-0.1, -0.05) is 6.07 Å². The number of anilines is 1. The average molecular weight is 472 g/mol. The summed E-state index contributed by atoms with van der Waals surface area (Å²) < 4.78 is 7.63. The zero-order valence-corrected chi connectivity index (χ0v) is 20.1. The lowest BCUT2D eigenvalue weighted by Crippen LogP contribution is -2.46. The summed E-state index contributed by atoms with van der Waals surface area (Å²) >= 11 is 0. The number of ether oxygens (including phenoxy) is 1. The molecule has 0 amide bonds. The van der Waals surface area contributed by atoms with Gasteiger partial charge in [0.15, 0.2) is 0 Å². The van der Waals surface area contributed by atoms with Crippen molar-refractivity contribution in [3.05, 3.63) is 36.9 Å². The Morgan fingerprint density at radius 3 is 2.69 bits per heavy atom. The van der Waals surface area contributed by atoms with Crippen LogP contribution in [0.15, 0.2) is 36.9 Å². The van der Waals surface area contributed by atoms with Gasteiger partial charge in [0.1, 0.15) is 17.8 Å². The van der Waals surface area contributed by atoms with E-state index in [9.17, 15) is 0 Å². The number of morpholine rings is 1. The van der Waals surface area contributed by atoms with Gasteiger partial charge in [-0.25, -0.2) is 9.97 Å². The van der Waals surface area contributed by atoms with Gasteiger partial charge < -0.3 is 15.0 Å². The highest BCUT2D eigenvalue weighted by atomic mass is 16.5. The molecular weight excluding hydrogens is 438 g/mol. The van der Waals surface area contributed by atoms with Crippen LogP contribution in [-0.4, -0.2) is 68.0 Å². The summed E-state index contributed by atoms with van der Waals surface area (Å²) in [6.45, 7) is 4.94. The highest BCUT2D eigenvalue weighted by Crippen LogP contribution is 2.35. The normalized spacial score (nSPS) is 23.8. The molecule has 0 atom stereocenters. The molecule has 3 aromatic heterocycles. The van der Waals surface area contributed by atoms with E-state index < -0.39 is 0 Å². The fourth-order valence-corrected chi connectivity index (χ4v) is 5.91. The molecule has 8 nitrogen and oxygen atoms in total. The topological polar surface area (TPSA) is 83.9 Å². The van der Waals surface area contributed by atoms with Gasteiger partial charge in [-0.15, -0.1) is 0 Å². The Kier molecular flexibility index (Phi) is 5.43. The molecular formula is C27H33N7O. The first-order valence-electron chi connectivity index (χ1n) is 13.2. The maximum Gasteiger partial charge on any atom is 0.143 e. The van der Waals surface area contributed by atoms with Crippen LogP contribution in [0.5, 0.6) is 0 Å². The second kappa shape index (κ2) is 8.91. The molecule has 8 heteroatoms. The van der Waals surface area contributed by atoms with Crippen molar-refractivity contribution in [3.8, 4) is 11.1 Å². The molecule has 35 heavy (non-hydrogen) atoms. The summed E-state index contributed by atoms with van der Waals surface area (Å²) in [6, 6.07) is 7.72. The third kappa shape index (κ3) is 4.29. The lowest BCUT2D eigenvalue weighted by Gasteiger charge is -2.39. The van der Waals surface area contributed by atoms with E-state index in [4.69, 9.17) is 9.72 Å². The quantitative estimate of drug-likeness (QED) is 0.433. The van der Waals surface area contributed by atoms with Crippen LogP contribution >= 0.6 is 0 Å². The minimum absolute atomic E-state index is 0.444. The number of hydrogen-bond donors (Lipinski definition) is 2. The zero-order chi connectivity index (χ0) is 23.2. The van der Waals surface area contributed by atoms with Crippen molar-refractivity contribution in [1.82, 2.24) is 29.6 Å².